The number of hydrogen-bond acceptors (Lipinski definition) is 8. The average molecular weight is 516 g/mol. The molecule has 6 rings (SSSR count). The number of nitrogens with zero attached hydrogens (tertiary/aromatic N) is 6. The zero-order valence-electron chi connectivity index (χ0n) is 19.5. The molecule has 3 amide bonds. The average Bonchev–Trinajstić information content (AvgIpc) is 3.61. The van der Waals surface area contributed by atoms with E-state index >= 15 is 0 Å². The summed E-state index contributed by atoms with van der Waals surface area (Å²) in [7, 11) is 0. The Balaban J connectivity index is 1.23. The minimum absolute atomic E-state index is 0.225. The summed E-state index contributed by atoms with van der Waals surface area (Å²) in [5.41, 5.74) is 5.47. The summed E-state index contributed by atoms with van der Waals surface area (Å²) in [5.74, 6) is -1.26. The van der Waals surface area contributed by atoms with E-state index in [1.165, 1.54) is 5.01 Å². The Morgan fingerprint density at radius 2 is 1.57 bits per heavy atom. The molecule has 3 atom stereocenters. The van der Waals surface area contributed by atoms with Gasteiger partial charge in [0.05, 0.1) is 24.0 Å². The van der Waals surface area contributed by atoms with Crippen LogP contribution in [0.1, 0.15) is 11.6 Å². The van der Waals surface area contributed by atoms with Gasteiger partial charge in [0.15, 0.2) is 12.1 Å². The molecule has 0 radical (unpaired) electrons. The third-order valence-electron chi connectivity index (χ3n) is 6.66. The lowest BCUT2D eigenvalue weighted by molar-refractivity contribution is -0.137. The Morgan fingerprint density at radius 1 is 0.892 bits per heavy atom. The first-order valence-electron chi connectivity index (χ1n) is 11.8. The molecule has 3 aliphatic heterocycles. The Hall–Kier alpha value is -4.28. The Labute approximate surface area is 217 Å². The quantitative estimate of drug-likeness (QED) is 0.524. The van der Waals surface area contributed by atoms with Crippen LogP contribution in [0.2, 0.25) is 5.02 Å². The van der Waals surface area contributed by atoms with Gasteiger partial charge >= 0.3 is 0 Å². The number of carbonyl (C=O) groups excluding carboxylic acids is 3. The molecule has 0 bridgehead atoms. The number of nitrogens with one attached hydrogen (secondary N) is 1. The Bertz CT molecular complexity index is 1370. The van der Waals surface area contributed by atoms with Crippen LogP contribution in [-0.2, 0) is 14.4 Å². The van der Waals surface area contributed by atoms with Gasteiger partial charge in [-0.3, -0.25) is 24.4 Å². The summed E-state index contributed by atoms with van der Waals surface area (Å²) in [4.78, 5) is 40.9. The van der Waals surface area contributed by atoms with Gasteiger partial charge in [-0.05, 0) is 42.0 Å². The van der Waals surface area contributed by atoms with Gasteiger partial charge in [0.2, 0.25) is 0 Å². The molecule has 1 N–H and O–H groups in total. The first-order chi connectivity index (χ1) is 18.0. The van der Waals surface area contributed by atoms with Crippen LogP contribution >= 0.6 is 11.6 Å². The van der Waals surface area contributed by atoms with Crippen molar-refractivity contribution in [2.75, 3.05) is 23.0 Å². The molecule has 0 saturated carbocycles. The van der Waals surface area contributed by atoms with Crippen LogP contribution in [0.15, 0.2) is 95.3 Å². The largest absolute Gasteiger partial charge is 0.288 e. The third-order valence-corrected chi connectivity index (χ3v) is 6.91. The molecular weight excluding hydrogens is 494 g/mol. The van der Waals surface area contributed by atoms with Crippen LogP contribution in [0.5, 0.6) is 0 Å². The topological polar surface area (TPSA) is 101 Å². The molecule has 10 nitrogen and oxygen atoms in total. The number of carbonyl (C=O) groups is 3. The summed E-state index contributed by atoms with van der Waals surface area (Å²) >= 11 is 5.95. The molecule has 3 aromatic carbocycles. The summed E-state index contributed by atoms with van der Waals surface area (Å²) in [6.07, 6.45) is 0. The first kappa shape index (κ1) is 23.1. The van der Waals surface area contributed by atoms with Crippen molar-refractivity contribution >= 4 is 40.7 Å². The standard InChI is InChI=1S/C26H22ClN7O3/c27-18-11-13-20(14-12-18)33-25(36)23-24(26(33)37)32(29-28-23)16-22(35)34-21(17-7-3-1-4-8-17)15-31(30-34)19-9-5-2-6-10-19/h1-14,21,23-24,30H,15-16H2/t21-,23-,24+/m1/s1. The number of imide groups is 1. The lowest BCUT2D eigenvalue weighted by atomic mass is 10.1. The van der Waals surface area contributed by atoms with Gasteiger partial charge < -0.3 is 0 Å². The number of fused-ring (bicyclic) bond motifs is 1. The lowest BCUT2D eigenvalue weighted by Crippen LogP contribution is -2.50. The van der Waals surface area contributed by atoms with Gasteiger partial charge in [0.1, 0.15) is 6.54 Å². The summed E-state index contributed by atoms with van der Waals surface area (Å²) in [6, 6.07) is 23.6. The van der Waals surface area contributed by atoms with Crippen LogP contribution in [-0.4, -0.2) is 52.9 Å². The first-order valence-corrected chi connectivity index (χ1v) is 12.2. The maximum Gasteiger partial charge on any atom is 0.263 e. The van der Waals surface area contributed by atoms with E-state index in [2.05, 4.69) is 15.9 Å². The lowest BCUT2D eigenvalue weighted by Gasteiger charge is -2.27. The van der Waals surface area contributed by atoms with E-state index in [9.17, 15) is 14.4 Å². The van der Waals surface area contributed by atoms with Crippen molar-refractivity contribution in [3.05, 3.63) is 95.5 Å². The molecule has 0 spiro atoms. The molecule has 11 heteroatoms. The molecule has 37 heavy (non-hydrogen) atoms. The third kappa shape index (κ3) is 4.09. The van der Waals surface area contributed by atoms with E-state index in [4.69, 9.17) is 11.6 Å². The SMILES string of the molecule is O=C1[C@@H]2[C@@H](N=NN2CC(=O)N2NN(c3ccccc3)C[C@@H]2c2ccccc2)C(=O)N1c1ccc(Cl)cc1. The fourth-order valence-electron chi connectivity index (χ4n) is 4.84. The maximum absolute atomic E-state index is 13.6. The highest BCUT2D eigenvalue weighted by Gasteiger charge is 2.55. The van der Waals surface area contributed by atoms with E-state index < -0.39 is 23.9 Å². The molecule has 3 heterocycles. The van der Waals surface area contributed by atoms with Gasteiger partial charge in [-0.25, -0.2) is 9.91 Å². The van der Waals surface area contributed by atoms with Crippen LogP contribution in [0.3, 0.4) is 0 Å². The summed E-state index contributed by atoms with van der Waals surface area (Å²) in [5, 5.41) is 13.3. The molecule has 3 aromatic rings. The van der Waals surface area contributed by atoms with E-state index in [0.717, 1.165) is 16.2 Å². The molecule has 0 aliphatic carbocycles. The predicted molar refractivity (Wildman–Crippen MR) is 136 cm³/mol. The number of anilines is 2. The van der Waals surface area contributed by atoms with Crippen LogP contribution < -0.4 is 15.4 Å². The number of halogens is 1. The minimum atomic E-state index is -0.992. The molecule has 186 valence electrons. The van der Waals surface area contributed by atoms with E-state index in [1.54, 1.807) is 29.3 Å². The van der Waals surface area contributed by atoms with Gasteiger partial charge in [0.25, 0.3) is 17.7 Å². The highest BCUT2D eigenvalue weighted by atomic mass is 35.5. The molecule has 3 aliphatic rings. The smallest absolute Gasteiger partial charge is 0.263 e. The van der Waals surface area contributed by atoms with Crippen molar-refractivity contribution in [1.82, 2.24) is 15.6 Å². The second-order valence-electron chi connectivity index (χ2n) is 8.92. The molecular formula is C26H22ClN7O3. The van der Waals surface area contributed by atoms with Gasteiger partial charge in [-0.1, -0.05) is 65.4 Å². The van der Waals surface area contributed by atoms with Crippen molar-refractivity contribution in [2.24, 2.45) is 10.3 Å². The zero-order chi connectivity index (χ0) is 25.5. The monoisotopic (exact) mass is 515 g/mol. The van der Waals surface area contributed by atoms with E-state index in [-0.39, 0.29) is 18.5 Å². The van der Waals surface area contributed by atoms with Crippen molar-refractivity contribution in [2.45, 2.75) is 18.1 Å². The zero-order valence-corrected chi connectivity index (χ0v) is 20.3. The number of hydrogen-bond donors (Lipinski definition) is 1. The van der Waals surface area contributed by atoms with Crippen LogP contribution in [0.25, 0.3) is 0 Å². The van der Waals surface area contributed by atoms with Crippen LogP contribution in [0, 0.1) is 0 Å². The normalized spacial score (nSPS) is 22.8. The molecule has 2 fully saturated rings. The van der Waals surface area contributed by atoms with Crippen molar-refractivity contribution < 1.29 is 14.4 Å². The second-order valence-corrected chi connectivity index (χ2v) is 9.35. The number of amides is 3. The van der Waals surface area contributed by atoms with Crippen molar-refractivity contribution in [3.63, 3.8) is 0 Å². The van der Waals surface area contributed by atoms with E-state index in [1.807, 2.05) is 65.7 Å². The maximum atomic E-state index is 13.6. The number of rotatable bonds is 5. The predicted octanol–water partition coefficient (Wildman–Crippen LogP) is 3.14. The highest BCUT2D eigenvalue weighted by molar-refractivity contribution is 6.31. The van der Waals surface area contributed by atoms with Crippen molar-refractivity contribution in [1.29, 1.82) is 0 Å². The fourth-order valence-corrected chi connectivity index (χ4v) is 4.96. The molecule has 0 unspecified atom stereocenters. The van der Waals surface area contributed by atoms with Crippen LogP contribution in [0.4, 0.5) is 11.4 Å². The van der Waals surface area contributed by atoms with Gasteiger partial charge in [-0.15, -0.1) is 5.53 Å². The van der Waals surface area contributed by atoms with E-state index in [0.29, 0.717) is 17.3 Å². The Morgan fingerprint density at radius 3 is 2.27 bits per heavy atom. The number of benzene rings is 3. The molecule has 0 aromatic heterocycles. The summed E-state index contributed by atoms with van der Waals surface area (Å²) in [6.45, 7) is 0.298. The second kappa shape index (κ2) is 9.30. The Kier molecular flexibility index (Phi) is 5.82. The number of hydrazine groups is 2. The molecule has 2 saturated heterocycles. The van der Waals surface area contributed by atoms with Gasteiger partial charge in [-0.2, -0.15) is 5.11 Å². The highest BCUT2D eigenvalue weighted by Crippen LogP contribution is 2.33. The minimum Gasteiger partial charge on any atom is -0.288 e. The summed E-state index contributed by atoms with van der Waals surface area (Å²) < 4.78 is 0. The van der Waals surface area contributed by atoms with Crippen molar-refractivity contribution in [3.8, 4) is 0 Å². The number of para-hydroxylation sites is 1. The van der Waals surface area contributed by atoms with Gasteiger partial charge in [0, 0.05) is 5.02 Å². The fraction of sp³-hybridized carbons (Fsp3) is 0.192.